The minimum Gasteiger partial charge on any atom is -0.358 e. The molecule has 6 nitrogen and oxygen atoms in total. The number of aryl methyl sites for hydroxylation is 1. The highest BCUT2D eigenvalue weighted by Gasteiger charge is 2.50. The molecule has 1 aliphatic rings. The second kappa shape index (κ2) is 6.02. The van der Waals surface area contributed by atoms with Gasteiger partial charge >= 0.3 is 0 Å². The largest absolute Gasteiger partial charge is 0.358 e. The molecule has 1 aliphatic carbocycles. The molecule has 6 heteroatoms. The molecule has 2 N–H and O–H groups in total. The molecule has 0 unspecified atom stereocenters. The molecule has 0 atom stereocenters. The first-order chi connectivity index (χ1) is 11.1. The number of nitrogens with one attached hydrogen (secondary N) is 2. The van der Waals surface area contributed by atoms with Gasteiger partial charge < -0.3 is 15.2 Å². The Bertz CT molecular complexity index is 746. The Morgan fingerprint density at radius 3 is 2.65 bits per heavy atom. The van der Waals surface area contributed by atoms with Crippen LogP contribution in [0.4, 0.5) is 0 Å². The predicted octanol–water partition coefficient (Wildman–Crippen LogP) is 1.38. The fourth-order valence-corrected chi connectivity index (χ4v) is 3.26. The number of imidazole rings is 1. The number of hydrogen-bond acceptors (Lipinski definition) is 3. The lowest BCUT2D eigenvalue weighted by Gasteiger charge is -2.38. The first-order valence-corrected chi connectivity index (χ1v) is 8.01. The molecule has 2 aromatic rings. The third-order valence-corrected chi connectivity index (χ3v) is 4.77. The Morgan fingerprint density at radius 2 is 2.00 bits per heavy atom. The molecular weight excluding hydrogens is 292 g/mol. The van der Waals surface area contributed by atoms with Crippen LogP contribution in [0.5, 0.6) is 0 Å². The van der Waals surface area contributed by atoms with E-state index >= 15 is 0 Å². The number of para-hydroxylation sites is 2. The molecule has 0 radical (unpaired) electrons. The van der Waals surface area contributed by atoms with Gasteiger partial charge in [0.15, 0.2) is 0 Å². The number of nitrogens with zero attached hydrogens (tertiary/aromatic N) is 2. The van der Waals surface area contributed by atoms with Crippen molar-refractivity contribution in [2.24, 2.45) is 5.41 Å². The van der Waals surface area contributed by atoms with Crippen LogP contribution in [0.2, 0.25) is 0 Å². The maximum absolute atomic E-state index is 12.4. The van der Waals surface area contributed by atoms with E-state index < -0.39 is 5.41 Å². The van der Waals surface area contributed by atoms with Gasteiger partial charge in [0.2, 0.25) is 11.8 Å². The first kappa shape index (κ1) is 15.5. The Hall–Kier alpha value is -2.37. The third-order valence-electron chi connectivity index (χ3n) is 4.77. The summed E-state index contributed by atoms with van der Waals surface area (Å²) in [5.41, 5.74) is 1.15. The monoisotopic (exact) mass is 314 g/mol. The van der Waals surface area contributed by atoms with E-state index in [1.165, 1.54) is 0 Å². The summed E-state index contributed by atoms with van der Waals surface area (Å²) in [6.45, 7) is 3.08. The topological polar surface area (TPSA) is 76.0 Å². The molecular formula is C17H22N4O2. The van der Waals surface area contributed by atoms with Gasteiger partial charge in [-0.1, -0.05) is 18.6 Å². The van der Waals surface area contributed by atoms with Gasteiger partial charge in [-0.25, -0.2) is 4.98 Å². The fraction of sp³-hybridized carbons (Fsp3) is 0.471. The molecule has 1 saturated carbocycles. The summed E-state index contributed by atoms with van der Waals surface area (Å²) in [6.07, 6.45) is 2.18. The van der Waals surface area contributed by atoms with Crippen molar-refractivity contribution in [2.75, 3.05) is 13.6 Å². The molecule has 1 aromatic heterocycles. The highest BCUT2D eigenvalue weighted by atomic mass is 16.2. The molecule has 2 amide bonds. The third kappa shape index (κ3) is 2.58. The second-order valence-electron chi connectivity index (χ2n) is 6.07. The van der Waals surface area contributed by atoms with Crippen molar-refractivity contribution >= 4 is 22.8 Å². The van der Waals surface area contributed by atoms with Crippen molar-refractivity contribution in [1.29, 1.82) is 0 Å². The van der Waals surface area contributed by atoms with Gasteiger partial charge in [0.05, 0.1) is 11.0 Å². The smallest absolute Gasteiger partial charge is 0.235 e. The summed E-state index contributed by atoms with van der Waals surface area (Å²) in [4.78, 5) is 28.9. The number of rotatable bonds is 5. The number of carbonyl (C=O) groups is 2. The number of carbonyl (C=O) groups excluding carboxylic acids is 2. The van der Waals surface area contributed by atoms with Crippen molar-refractivity contribution in [3.05, 3.63) is 30.1 Å². The van der Waals surface area contributed by atoms with Gasteiger partial charge in [-0.2, -0.15) is 0 Å². The molecule has 122 valence electrons. The Balaban J connectivity index is 1.66. The maximum atomic E-state index is 12.4. The van der Waals surface area contributed by atoms with Crippen LogP contribution in [0.25, 0.3) is 11.0 Å². The van der Waals surface area contributed by atoms with Crippen molar-refractivity contribution in [3.8, 4) is 0 Å². The molecule has 0 spiro atoms. The molecule has 1 heterocycles. The minimum absolute atomic E-state index is 0.162. The van der Waals surface area contributed by atoms with Gasteiger partial charge in [0, 0.05) is 20.1 Å². The average molecular weight is 314 g/mol. The lowest BCUT2D eigenvalue weighted by Crippen LogP contribution is -2.55. The lowest BCUT2D eigenvalue weighted by molar-refractivity contribution is -0.149. The zero-order valence-electron chi connectivity index (χ0n) is 13.6. The van der Waals surface area contributed by atoms with Crippen LogP contribution in [0.15, 0.2) is 24.3 Å². The summed E-state index contributed by atoms with van der Waals surface area (Å²) >= 11 is 0. The van der Waals surface area contributed by atoms with E-state index in [0.717, 1.165) is 23.3 Å². The standard InChI is InChI=1S/C17H22N4O2/c1-12-20-13-6-3-4-7-14(13)21(12)11-10-19-16(23)17(8-5-9-17)15(22)18-2/h3-4,6-7H,5,8-11H2,1-2H3,(H,18,22)(H,19,23). The Labute approximate surface area is 135 Å². The number of aromatic nitrogens is 2. The van der Waals surface area contributed by atoms with E-state index in [2.05, 4.69) is 20.2 Å². The highest BCUT2D eigenvalue weighted by molar-refractivity contribution is 6.05. The maximum Gasteiger partial charge on any atom is 0.235 e. The van der Waals surface area contributed by atoms with Gasteiger partial charge in [-0.05, 0) is 31.9 Å². The Morgan fingerprint density at radius 1 is 1.26 bits per heavy atom. The zero-order chi connectivity index (χ0) is 16.4. The molecule has 1 aromatic carbocycles. The van der Waals surface area contributed by atoms with Crippen molar-refractivity contribution in [2.45, 2.75) is 32.7 Å². The number of fused-ring (bicyclic) bond motifs is 1. The molecule has 0 saturated heterocycles. The summed E-state index contributed by atoms with van der Waals surface area (Å²) in [5.74, 6) is 0.584. The zero-order valence-corrected chi connectivity index (χ0v) is 13.6. The van der Waals surface area contributed by atoms with Gasteiger partial charge in [-0.15, -0.1) is 0 Å². The van der Waals surface area contributed by atoms with Crippen LogP contribution in [0.3, 0.4) is 0 Å². The second-order valence-corrected chi connectivity index (χ2v) is 6.07. The first-order valence-electron chi connectivity index (χ1n) is 8.01. The normalized spacial score (nSPS) is 15.9. The van der Waals surface area contributed by atoms with E-state index in [1.54, 1.807) is 7.05 Å². The molecule has 0 aliphatic heterocycles. The fourth-order valence-electron chi connectivity index (χ4n) is 3.26. The van der Waals surface area contributed by atoms with Gasteiger partial charge in [0.1, 0.15) is 11.2 Å². The number of hydrogen-bond donors (Lipinski definition) is 2. The number of benzene rings is 1. The molecule has 1 fully saturated rings. The lowest BCUT2D eigenvalue weighted by atomic mass is 9.67. The quantitative estimate of drug-likeness (QED) is 0.819. The van der Waals surface area contributed by atoms with Crippen molar-refractivity contribution < 1.29 is 9.59 Å². The van der Waals surface area contributed by atoms with Crippen molar-refractivity contribution in [3.63, 3.8) is 0 Å². The predicted molar refractivity (Wildman–Crippen MR) is 87.8 cm³/mol. The van der Waals surface area contributed by atoms with Crippen LogP contribution in [0.1, 0.15) is 25.1 Å². The summed E-state index contributed by atoms with van der Waals surface area (Å²) in [7, 11) is 1.58. The SMILES string of the molecule is CNC(=O)C1(C(=O)NCCn2c(C)nc3ccccc32)CCC1. The summed E-state index contributed by atoms with van der Waals surface area (Å²) < 4.78 is 2.09. The summed E-state index contributed by atoms with van der Waals surface area (Å²) in [5, 5.41) is 5.53. The van der Waals surface area contributed by atoms with E-state index in [1.807, 2.05) is 31.2 Å². The van der Waals surface area contributed by atoms with E-state index in [-0.39, 0.29) is 11.8 Å². The van der Waals surface area contributed by atoms with E-state index in [4.69, 9.17) is 0 Å². The van der Waals surface area contributed by atoms with Crippen LogP contribution < -0.4 is 10.6 Å². The molecule has 3 rings (SSSR count). The van der Waals surface area contributed by atoms with Crippen molar-refractivity contribution in [1.82, 2.24) is 20.2 Å². The number of amides is 2. The van der Waals surface area contributed by atoms with E-state index in [0.29, 0.717) is 25.9 Å². The Kier molecular flexibility index (Phi) is 4.07. The molecule has 0 bridgehead atoms. The van der Waals surface area contributed by atoms with Crippen LogP contribution in [-0.4, -0.2) is 35.0 Å². The highest BCUT2D eigenvalue weighted by Crippen LogP contribution is 2.41. The van der Waals surface area contributed by atoms with Crippen LogP contribution >= 0.6 is 0 Å². The minimum atomic E-state index is -0.860. The average Bonchev–Trinajstić information content (AvgIpc) is 2.82. The van der Waals surface area contributed by atoms with Crippen LogP contribution in [-0.2, 0) is 16.1 Å². The van der Waals surface area contributed by atoms with Gasteiger partial charge in [-0.3, -0.25) is 9.59 Å². The van der Waals surface area contributed by atoms with E-state index in [9.17, 15) is 9.59 Å². The molecule has 23 heavy (non-hydrogen) atoms. The summed E-state index contributed by atoms with van der Waals surface area (Å²) in [6, 6.07) is 7.94. The van der Waals surface area contributed by atoms with Crippen LogP contribution in [0, 0.1) is 12.3 Å². The van der Waals surface area contributed by atoms with Gasteiger partial charge in [0.25, 0.3) is 0 Å².